The van der Waals surface area contributed by atoms with E-state index >= 15 is 0 Å². The molecular formula is C19H17N3O5. The van der Waals surface area contributed by atoms with Gasteiger partial charge in [-0.3, -0.25) is 14.9 Å². The van der Waals surface area contributed by atoms with Crippen molar-refractivity contribution in [1.29, 1.82) is 0 Å². The number of imide groups is 1. The smallest absolute Gasteiger partial charge is 0.335 e. The lowest BCUT2D eigenvalue weighted by Crippen LogP contribution is -2.40. The highest BCUT2D eigenvalue weighted by atomic mass is 16.4. The van der Waals surface area contributed by atoms with Crippen molar-refractivity contribution in [2.24, 2.45) is 0 Å². The Morgan fingerprint density at radius 3 is 2.11 bits per heavy atom. The number of carboxylic acids is 1. The Kier molecular flexibility index (Phi) is 4.64. The van der Waals surface area contributed by atoms with Crippen molar-refractivity contribution < 1.29 is 24.3 Å². The van der Waals surface area contributed by atoms with Crippen LogP contribution in [0.1, 0.15) is 38.8 Å². The average Bonchev–Trinajstić information content (AvgIpc) is 2.93. The average molecular weight is 367 g/mol. The van der Waals surface area contributed by atoms with Crippen LogP contribution < -0.4 is 16.0 Å². The maximum absolute atomic E-state index is 12.3. The van der Waals surface area contributed by atoms with Crippen LogP contribution in [0.4, 0.5) is 4.79 Å². The van der Waals surface area contributed by atoms with Gasteiger partial charge in [0.05, 0.1) is 5.56 Å². The van der Waals surface area contributed by atoms with Gasteiger partial charge in [0.15, 0.2) is 0 Å². The van der Waals surface area contributed by atoms with E-state index in [0.717, 1.165) is 5.56 Å². The van der Waals surface area contributed by atoms with Crippen LogP contribution >= 0.6 is 0 Å². The molecule has 0 saturated carbocycles. The molecule has 27 heavy (non-hydrogen) atoms. The number of benzene rings is 2. The first-order valence-electron chi connectivity index (χ1n) is 8.14. The zero-order chi connectivity index (χ0) is 19.6. The molecule has 3 rings (SSSR count). The Bertz CT molecular complexity index is 921. The molecule has 0 aliphatic carbocycles. The molecule has 8 heteroatoms. The van der Waals surface area contributed by atoms with Gasteiger partial charge in [0.2, 0.25) is 0 Å². The summed E-state index contributed by atoms with van der Waals surface area (Å²) in [5.74, 6) is -1.77. The Hall–Kier alpha value is -3.68. The molecule has 1 aliphatic heterocycles. The molecule has 1 unspecified atom stereocenters. The van der Waals surface area contributed by atoms with Crippen molar-refractivity contribution in [3.63, 3.8) is 0 Å². The molecule has 0 aromatic heterocycles. The van der Waals surface area contributed by atoms with Gasteiger partial charge in [-0.15, -0.1) is 0 Å². The molecule has 0 bridgehead atoms. The van der Waals surface area contributed by atoms with Crippen LogP contribution in [0.5, 0.6) is 0 Å². The SMILES string of the molecule is CC1(c2ccc(C(=O)NCc3ccc(C(=O)O)cc3)cc2)NC(=O)NC1=O. The van der Waals surface area contributed by atoms with E-state index in [1.54, 1.807) is 43.3 Å². The highest BCUT2D eigenvalue weighted by molar-refractivity contribution is 6.07. The second kappa shape index (κ2) is 6.91. The Labute approximate surface area is 154 Å². The third-order valence-corrected chi connectivity index (χ3v) is 4.42. The maximum Gasteiger partial charge on any atom is 0.335 e. The van der Waals surface area contributed by atoms with Gasteiger partial charge in [-0.25, -0.2) is 9.59 Å². The molecule has 1 aliphatic rings. The summed E-state index contributed by atoms with van der Waals surface area (Å²) in [4.78, 5) is 46.4. The fourth-order valence-electron chi connectivity index (χ4n) is 2.75. The van der Waals surface area contributed by atoms with Crippen molar-refractivity contribution in [3.8, 4) is 0 Å². The molecular weight excluding hydrogens is 350 g/mol. The van der Waals surface area contributed by atoms with Crippen LogP contribution in [-0.2, 0) is 16.9 Å². The van der Waals surface area contributed by atoms with Gasteiger partial charge < -0.3 is 15.7 Å². The molecule has 8 nitrogen and oxygen atoms in total. The summed E-state index contributed by atoms with van der Waals surface area (Å²) >= 11 is 0. The van der Waals surface area contributed by atoms with Crippen LogP contribution in [0.2, 0.25) is 0 Å². The lowest BCUT2D eigenvalue weighted by atomic mass is 9.91. The summed E-state index contributed by atoms with van der Waals surface area (Å²) in [7, 11) is 0. The van der Waals surface area contributed by atoms with Crippen molar-refractivity contribution in [3.05, 3.63) is 70.8 Å². The number of carboxylic acid groups (broad SMARTS) is 1. The summed E-state index contributed by atoms with van der Waals surface area (Å²) in [5, 5.41) is 16.4. The van der Waals surface area contributed by atoms with Crippen molar-refractivity contribution >= 4 is 23.8 Å². The number of amides is 4. The largest absolute Gasteiger partial charge is 0.478 e. The van der Waals surface area contributed by atoms with Crippen molar-refractivity contribution in [1.82, 2.24) is 16.0 Å². The minimum absolute atomic E-state index is 0.178. The number of urea groups is 1. The molecule has 1 fully saturated rings. The first-order chi connectivity index (χ1) is 12.8. The van der Waals surface area contributed by atoms with Crippen LogP contribution in [0.3, 0.4) is 0 Å². The van der Waals surface area contributed by atoms with E-state index in [0.29, 0.717) is 11.1 Å². The minimum Gasteiger partial charge on any atom is -0.478 e. The summed E-state index contributed by atoms with van der Waals surface area (Å²) < 4.78 is 0. The van der Waals surface area contributed by atoms with E-state index in [9.17, 15) is 19.2 Å². The van der Waals surface area contributed by atoms with E-state index in [2.05, 4.69) is 16.0 Å². The van der Waals surface area contributed by atoms with Gasteiger partial charge in [-0.1, -0.05) is 24.3 Å². The second-order valence-corrected chi connectivity index (χ2v) is 6.30. The van der Waals surface area contributed by atoms with Gasteiger partial charge >= 0.3 is 12.0 Å². The van der Waals surface area contributed by atoms with Crippen molar-refractivity contribution in [2.75, 3.05) is 0 Å². The van der Waals surface area contributed by atoms with Crippen LogP contribution in [0.15, 0.2) is 48.5 Å². The van der Waals surface area contributed by atoms with Crippen molar-refractivity contribution in [2.45, 2.75) is 19.0 Å². The molecule has 0 spiro atoms. The summed E-state index contributed by atoms with van der Waals surface area (Å²) in [6.07, 6.45) is 0. The molecule has 4 amide bonds. The van der Waals surface area contributed by atoms with E-state index in [1.807, 2.05) is 0 Å². The fraction of sp³-hybridized carbons (Fsp3) is 0.158. The molecule has 2 aromatic rings. The number of rotatable bonds is 5. The number of hydrogen-bond donors (Lipinski definition) is 4. The Morgan fingerprint density at radius 1 is 1.00 bits per heavy atom. The molecule has 1 atom stereocenters. The zero-order valence-electron chi connectivity index (χ0n) is 14.4. The third-order valence-electron chi connectivity index (χ3n) is 4.42. The number of carbonyl (C=O) groups excluding carboxylic acids is 3. The Balaban J connectivity index is 1.65. The highest BCUT2D eigenvalue weighted by Crippen LogP contribution is 2.24. The number of nitrogens with one attached hydrogen (secondary N) is 3. The number of aromatic carboxylic acids is 1. The second-order valence-electron chi connectivity index (χ2n) is 6.30. The van der Waals surface area contributed by atoms with E-state index in [-0.39, 0.29) is 18.0 Å². The van der Waals surface area contributed by atoms with E-state index in [1.165, 1.54) is 12.1 Å². The van der Waals surface area contributed by atoms with Gasteiger partial charge in [-0.2, -0.15) is 0 Å². The van der Waals surface area contributed by atoms with Gasteiger partial charge in [0, 0.05) is 12.1 Å². The summed E-state index contributed by atoms with van der Waals surface area (Å²) in [6.45, 7) is 1.83. The number of hydrogen-bond acceptors (Lipinski definition) is 4. The van der Waals surface area contributed by atoms with Gasteiger partial charge in [0.25, 0.3) is 11.8 Å². The minimum atomic E-state index is -1.17. The molecule has 1 saturated heterocycles. The highest BCUT2D eigenvalue weighted by Gasteiger charge is 2.43. The molecule has 138 valence electrons. The predicted molar refractivity (Wildman–Crippen MR) is 95.0 cm³/mol. The normalized spacial score (nSPS) is 18.6. The van der Waals surface area contributed by atoms with E-state index < -0.39 is 23.4 Å². The fourth-order valence-corrected chi connectivity index (χ4v) is 2.75. The lowest BCUT2D eigenvalue weighted by Gasteiger charge is -2.21. The predicted octanol–water partition coefficient (Wildman–Crippen LogP) is 1.37. The van der Waals surface area contributed by atoms with Crippen LogP contribution in [0, 0.1) is 0 Å². The van der Waals surface area contributed by atoms with E-state index in [4.69, 9.17) is 5.11 Å². The summed E-state index contributed by atoms with van der Waals surface area (Å²) in [5.41, 5.74) is 0.735. The first-order valence-corrected chi connectivity index (χ1v) is 8.14. The zero-order valence-corrected chi connectivity index (χ0v) is 14.4. The Morgan fingerprint density at radius 2 is 1.59 bits per heavy atom. The van der Waals surface area contributed by atoms with Gasteiger partial charge in [-0.05, 0) is 42.3 Å². The molecule has 1 heterocycles. The van der Waals surface area contributed by atoms with Crippen LogP contribution in [0.25, 0.3) is 0 Å². The lowest BCUT2D eigenvalue weighted by molar-refractivity contribution is -0.123. The number of carbonyl (C=O) groups is 4. The molecule has 0 radical (unpaired) electrons. The standard InChI is InChI=1S/C19H17N3O5/c1-19(17(26)21-18(27)22-19)14-8-6-12(7-9-14)15(23)20-10-11-2-4-13(5-3-11)16(24)25/h2-9H,10H2,1H3,(H,20,23)(H,24,25)(H2,21,22,26,27). The van der Waals surface area contributed by atoms with Gasteiger partial charge in [0.1, 0.15) is 5.54 Å². The topological polar surface area (TPSA) is 125 Å². The van der Waals surface area contributed by atoms with Crippen LogP contribution in [-0.4, -0.2) is 28.9 Å². The quantitative estimate of drug-likeness (QED) is 0.594. The molecule has 2 aromatic carbocycles. The third kappa shape index (κ3) is 3.64. The molecule has 4 N–H and O–H groups in total. The monoisotopic (exact) mass is 367 g/mol. The first kappa shape index (κ1) is 18.1. The maximum atomic E-state index is 12.3. The summed E-state index contributed by atoms with van der Waals surface area (Å²) in [6, 6.07) is 12.0.